The van der Waals surface area contributed by atoms with Gasteiger partial charge in [-0.2, -0.15) is 4.39 Å². The van der Waals surface area contributed by atoms with Crippen molar-refractivity contribution in [3.8, 4) is 11.4 Å². The molecule has 1 saturated heterocycles. The number of morpholine rings is 1. The molecular formula is C17H15FN4O2S. The highest BCUT2D eigenvalue weighted by atomic mass is 32.1. The van der Waals surface area contributed by atoms with Crippen LogP contribution >= 0.6 is 11.3 Å². The first-order valence-corrected chi connectivity index (χ1v) is 8.58. The van der Waals surface area contributed by atoms with Gasteiger partial charge in [0.2, 0.25) is 5.95 Å². The minimum absolute atomic E-state index is 0.0231. The van der Waals surface area contributed by atoms with Crippen LogP contribution in [0.2, 0.25) is 0 Å². The molecule has 6 nitrogen and oxygen atoms in total. The van der Waals surface area contributed by atoms with Crippen molar-refractivity contribution < 1.29 is 14.2 Å². The smallest absolute Gasteiger partial charge is 0.223 e. The lowest BCUT2D eigenvalue weighted by Gasteiger charge is -2.28. The van der Waals surface area contributed by atoms with E-state index in [4.69, 9.17) is 4.74 Å². The van der Waals surface area contributed by atoms with Crippen molar-refractivity contribution in [2.75, 3.05) is 31.2 Å². The van der Waals surface area contributed by atoms with Crippen molar-refractivity contribution >= 4 is 33.1 Å². The second-order valence-corrected chi connectivity index (χ2v) is 6.64. The van der Waals surface area contributed by atoms with E-state index in [9.17, 15) is 9.50 Å². The second-order valence-electron chi connectivity index (χ2n) is 5.58. The van der Waals surface area contributed by atoms with Gasteiger partial charge in [0.1, 0.15) is 5.76 Å². The van der Waals surface area contributed by atoms with Crippen LogP contribution in [0.4, 0.5) is 10.2 Å². The summed E-state index contributed by atoms with van der Waals surface area (Å²) in [5.74, 6) is 0.346. The summed E-state index contributed by atoms with van der Waals surface area (Å²) in [7, 11) is 0. The third-order valence-corrected chi connectivity index (χ3v) is 5.12. The molecule has 0 unspecified atom stereocenters. The highest BCUT2D eigenvalue weighted by molar-refractivity contribution is 7.20. The first kappa shape index (κ1) is 15.9. The van der Waals surface area contributed by atoms with Crippen LogP contribution in [0.25, 0.3) is 27.4 Å². The first-order valence-electron chi connectivity index (χ1n) is 7.77. The van der Waals surface area contributed by atoms with Gasteiger partial charge in [0.25, 0.3) is 0 Å². The predicted octanol–water partition coefficient (Wildman–Crippen LogP) is 3.26. The number of aromatic nitrogens is 3. The number of rotatable bonds is 3. The second kappa shape index (κ2) is 6.38. The number of halogens is 1. The molecule has 3 aromatic rings. The molecule has 1 N–H and O–H groups in total. The molecule has 4 rings (SSSR count). The van der Waals surface area contributed by atoms with Crippen LogP contribution in [0, 0.1) is 5.95 Å². The summed E-state index contributed by atoms with van der Waals surface area (Å²) in [4.78, 5) is 15.5. The van der Waals surface area contributed by atoms with Crippen molar-refractivity contribution in [3.63, 3.8) is 0 Å². The number of hydrogen-bond donors (Lipinski definition) is 1. The van der Waals surface area contributed by atoms with Gasteiger partial charge in [-0.1, -0.05) is 6.58 Å². The minimum atomic E-state index is -0.614. The first-order chi connectivity index (χ1) is 12.1. The van der Waals surface area contributed by atoms with E-state index in [2.05, 4.69) is 26.4 Å². The van der Waals surface area contributed by atoms with Crippen molar-refractivity contribution in [1.29, 1.82) is 0 Å². The summed E-state index contributed by atoms with van der Waals surface area (Å²) >= 11 is 1.37. The molecule has 0 amide bonds. The fraction of sp³-hybridized carbons (Fsp3) is 0.235. The number of pyridine rings is 1. The van der Waals surface area contributed by atoms with E-state index in [1.54, 1.807) is 18.2 Å². The quantitative estimate of drug-likeness (QED) is 0.572. The maximum atomic E-state index is 14.1. The average molecular weight is 358 g/mol. The summed E-state index contributed by atoms with van der Waals surface area (Å²) in [6.45, 7) is 6.16. The van der Waals surface area contributed by atoms with Gasteiger partial charge < -0.3 is 14.7 Å². The van der Waals surface area contributed by atoms with E-state index in [0.29, 0.717) is 42.5 Å². The number of ether oxygens (including phenoxy) is 1. The molecule has 128 valence electrons. The molecular weight excluding hydrogens is 343 g/mol. The largest absolute Gasteiger partial charge is 0.507 e. The van der Waals surface area contributed by atoms with Gasteiger partial charge in [-0.25, -0.2) is 15.0 Å². The Kier molecular flexibility index (Phi) is 4.06. The van der Waals surface area contributed by atoms with Gasteiger partial charge in [0.05, 0.1) is 33.9 Å². The lowest BCUT2D eigenvalue weighted by atomic mass is 10.2. The molecule has 0 aromatic carbocycles. The molecule has 0 bridgehead atoms. The molecule has 0 spiro atoms. The predicted molar refractivity (Wildman–Crippen MR) is 95.3 cm³/mol. The van der Waals surface area contributed by atoms with E-state index in [-0.39, 0.29) is 17.1 Å². The Morgan fingerprint density at radius 2 is 2.12 bits per heavy atom. The Hall–Kier alpha value is -2.58. The standard InChI is InChI=1S/C17H15FN4O2S/c1-10(23)13-9-12-14(25-13)17(22-5-7-24-8-6-22)21-16(20-12)11-3-2-4-19-15(11)18/h2-4,9,23H,1,5-8H2. The Morgan fingerprint density at radius 1 is 1.32 bits per heavy atom. The number of aliphatic hydroxyl groups excluding tert-OH is 1. The molecule has 1 fully saturated rings. The van der Waals surface area contributed by atoms with Gasteiger partial charge in [-0.3, -0.25) is 0 Å². The topological polar surface area (TPSA) is 71.4 Å². The number of nitrogens with zero attached hydrogens (tertiary/aromatic N) is 4. The summed E-state index contributed by atoms with van der Waals surface area (Å²) in [5, 5.41) is 9.72. The zero-order valence-electron chi connectivity index (χ0n) is 13.3. The number of aliphatic hydroxyl groups is 1. The molecule has 3 aromatic heterocycles. The third kappa shape index (κ3) is 2.94. The normalized spacial score (nSPS) is 14.8. The van der Waals surface area contributed by atoms with Crippen molar-refractivity contribution in [2.45, 2.75) is 0 Å². The Bertz CT molecular complexity index is 953. The van der Waals surface area contributed by atoms with Crippen LogP contribution in [-0.2, 0) is 4.74 Å². The summed E-state index contributed by atoms with van der Waals surface area (Å²) in [6, 6.07) is 4.99. The van der Waals surface area contributed by atoms with Crippen molar-refractivity contribution in [1.82, 2.24) is 15.0 Å². The van der Waals surface area contributed by atoms with E-state index < -0.39 is 5.95 Å². The van der Waals surface area contributed by atoms with Crippen LogP contribution < -0.4 is 4.90 Å². The van der Waals surface area contributed by atoms with Crippen LogP contribution in [-0.4, -0.2) is 46.4 Å². The van der Waals surface area contributed by atoms with Crippen molar-refractivity contribution in [3.05, 3.63) is 41.8 Å². The van der Waals surface area contributed by atoms with E-state index >= 15 is 0 Å². The van der Waals surface area contributed by atoms with E-state index in [1.807, 2.05) is 0 Å². The zero-order chi connectivity index (χ0) is 17.4. The Balaban J connectivity index is 1.93. The SMILES string of the molecule is C=C(O)c1cc2nc(-c3cccnc3F)nc(N3CCOCC3)c2s1. The number of anilines is 1. The maximum absolute atomic E-state index is 14.1. The fourth-order valence-electron chi connectivity index (χ4n) is 2.72. The van der Waals surface area contributed by atoms with Crippen LogP contribution in [0.5, 0.6) is 0 Å². The zero-order valence-corrected chi connectivity index (χ0v) is 14.1. The number of thiophene rings is 1. The third-order valence-electron chi connectivity index (χ3n) is 3.95. The molecule has 0 aliphatic carbocycles. The van der Waals surface area contributed by atoms with Crippen LogP contribution in [0.3, 0.4) is 0 Å². The summed E-state index contributed by atoms with van der Waals surface area (Å²) < 4.78 is 20.3. The minimum Gasteiger partial charge on any atom is -0.507 e. The Labute approximate surface area is 147 Å². The lowest BCUT2D eigenvalue weighted by Crippen LogP contribution is -2.36. The summed E-state index contributed by atoms with van der Waals surface area (Å²) in [5.41, 5.74) is 0.888. The molecule has 1 aliphatic rings. The number of hydrogen-bond acceptors (Lipinski definition) is 7. The molecule has 4 heterocycles. The summed E-state index contributed by atoms with van der Waals surface area (Å²) in [6.07, 6.45) is 1.39. The van der Waals surface area contributed by atoms with Crippen molar-refractivity contribution in [2.24, 2.45) is 0 Å². The van der Waals surface area contributed by atoms with Crippen LogP contribution in [0.15, 0.2) is 31.0 Å². The fourth-order valence-corrected chi connectivity index (χ4v) is 3.70. The highest BCUT2D eigenvalue weighted by Gasteiger charge is 2.21. The Morgan fingerprint density at radius 3 is 2.84 bits per heavy atom. The lowest BCUT2D eigenvalue weighted by molar-refractivity contribution is 0.122. The molecule has 0 atom stereocenters. The van der Waals surface area contributed by atoms with E-state index in [0.717, 1.165) is 4.70 Å². The monoisotopic (exact) mass is 358 g/mol. The van der Waals surface area contributed by atoms with Gasteiger partial charge in [0.15, 0.2) is 11.6 Å². The van der Waals surface area contributed by atoms with E-state index in [1.165, 1.54) is 17.5 Å². The van der Waals surface area contributed by atoms with Gasteiger partial charge in [0, 0.05) is 19.3 Å². The molecule has 1 aliphatic heterocycles. The molecule has 0 saturated carbocycles. The van der Waals surface area contributed by atoms with Gasteiger partial charge in [-0.05, 0) is 18.2 Å². The highest BCUT2D eigenvalue weighted by Crippen LogP contribution is 2.36. The molecule has 0 radical (unpaired) electrons. The van der Waals surface area contributed by atoms with Crippen LogP contribution in [0.1, 0.15) is 4.88 Å². The van der Waals surface area contributed by atoms with Gasteiger partial charge >= 0.3 is 0 Å². The molecule has 25 heavy (non-hydrogen) atoms. The maximum Gasteiger partial charge on any atom is 0.223 e. The van der Waals surface area contributed by atoms with Gasteiger partial charge in [-0.15, -0.1) is 11.3 Å². The number of fused-ring (bicyclic) bond motifs is 1. The average Bonchev–Trinajstić information content (AvgIpc) is 3.06. The molecule has 8 heteroatoms.